The maximum Gasteiger partial charge on any atom is 0.147 e. The van der Waals surface area contributed by atoms with Gasteiger partial charge in [-0.1, -0.05) is 6.08 Å². The number of piperazine rings is 1. The van der Waals surface area contributed by atoms with Crippen molar-refractivity contribution in [1.29, 1.82) is 0 Å². The molecule has 11 heavy (non-hydrogen) atoms. The quantitative estimate of drug-likeness (QED) is 0.426. The Kier molecular flexibility index (Phi) is 2.90. The van der Waals surface area contributed by atoms with Crippen molar-refractivity contribution in [2.24, 2.45) is 0 Å². The largest absolute Gasteiger partial charge is 0.377 e. The molecule has 0 aromatic carbocycles. The van der Waals surface area contributed by atoms with E-state index in [1.807, 2.05) is 5.94 Å². The third-order valence-electron chi connectivity index (χ3n) is 1.69. The standard InChI is InChI=1S/C8H12N2O/c1-2-3-7-8(6-11)10-5-4-9-7/h2,7,9-10H,1,3-5H2. The highest BCUT2D eigenvalue weighted by Gasteiger charge is 2.16. The van der Waals surface area contributed by atoms with Crippen LogP contribution < -0.4 is 10.6 Å². The van der Waals surface area contributed by atoms with Gasteiger partial charge in [0, 0.05) is 13.1 Å². The van der Waals surface area contributed by atoms with Crippen LogP contribution >= 0.6 is 0 Å². The first-order valence-corrected chi connectivity index (χ1v) is 3.71. The molecule has 3 heteroatoms. The van der Waals surface area contributed by atoms with Gasteiger partial charge in [0.15, 0.2) is 0 Å². The molecule has 1 unspecified atom stereocenters. The summed E-state index contributed by atoms with van der Waals surface area (Å²) in [6, 6.07) is 0.0961. The number of carbonyl (C=O) groups excluding carboxylic acids is 1. The summed E-state index contributed by atoms with van der Waals surface area (Å²) in [4.78, 5) is 10.3. The van der Waals surface area contributed by atoms with Crippen molar-refractivity contribution >= 4 is 5.94 Å². The molecule has 1 atom stereocenters. The van der Waals surface area contributed by atoms with Gasteiger partial charge < -0.3 is 10.6 Å². The summed E-state index contributed by atoms with van der Waals surface area (Å²) >= 11 is 0. The highest BCUT2D eigenvalue weighted by Crippen LogP contribution is 2.03. The van der Waals surface area contributed by atoms with Crippen LogP contribution in [-0.2, 0) is 4.79 Å². The summed E-state index contributed by atoms with van der Waals surface area (Å²) in [5, 5.41) is 6.17. The van der Waals surface area contributed by atoms with E-state index in [1.54, 1.807) is 6.08 Å². The Bertz CT molecular complexity index is 194. The van der Waals surface area contributed by atoms with E-state index in [0.717, 1.165) is 19.5 Å². The molecule has 1 rings (SSSR count). The summed E-state index contributed by atoms with van der Waals surface area (Å²) in [5.41, 5.74) is 0.621. The molecule has 1 saturated heterocycles. The van der Waals surface area contributed by atoms with Gasteiger partial charge in [-0.15, -0.1) is 6.58 Å². The molecule has 2 N–H and O–H groups in total. The zero-order valence-electron chi connectivity index (χ0n) is 6.39. The molecule has 0 amide bonds. The second kappa shape index (κ2) is 3.96. The van der Waals surface area contributed by atoms with Gasteiger partial charge in [0.1, 0.15) is 11.6 Å². The first kappa shape index (κ1) is 8.05. The van der Waals surface area contributed by atoms with Crippen LogP contribution in [0.2, 0.25) is 0 Å². The Morgan fingerprint density at radius 1 is 1.73 bits per heavy atom. The Morgan fingerprint density at radius 3 is 3.18 bits per heavy atom. The lowest BCUT2D eigenvalue weighted by Crippen LogP contribution is -2.46. The predicted molar refractivity (Wildman–Crippen MR) is 43.8 cm³/mol. The van der Waals surface area contributed by atoms with Gasteiger partial charge in [0.05, 0.1) is 6.04 Å². The molecule has 0 aliphatic carbocycles. The number of hydrogen-bond donors (Lipinski definition) is 2. The molecule has 0 radical (unpaired) electrons. The fourth-order valence-electron chi connectivity index (χ4n) is 1.14. The molecule has 60 valence electrons. The molecule has 1 heterocycles. The molecular formula is C8H12N2O. The highest BCUT2D eigenvalue weighted by atomic mass is 16.1. The van der Waals surface area contributed by atoms with Gasteiger partial charge in [-0.2, -0.15) is 0 Å². The fraction of sp³-hybridized carbons (Fsp3) is 0.500. The first-order chi connectivity index (χ1) is 5.38. The molecule has 0 aromatic heterocycles. The second-order valence-electron chi connectivity index (χ2n) is 2.47. The maximum absolute atomic E-state index is 10.3. The summed E-state index contributed by atoms with van der Waals surface area (Å²) in [7, 11) is 0. The lowest BCUT2D eigenvalue weighted by Gasteiger charge is -2.24. The van der Waals surface area contributed by atoms with Crippen LogP contribution in [0.5, 0.6) is 0 Å². The van der Waals surface area contributed by atoms with Gasteiger partial charge in [-0.05, 0) is 6.42 Å². The van der Waals surface area contributed by atoms with E-state index >= 15 is 0 Å². The lowest BCUT2D eigenvalue weighted by molar-refractivity contribution is 0.479. The minimum atomic E-state index is 0.0961. The normalized spacial score (nSPS) is 23.6. The minimum Gasteiger partial charge on any atom is -0.377 e. The van der Waals surface area contributed by atoms with Gasteiger partial charge in [-0.25, -0.2) is 4.79 Å². The van der Waals surface area contributed by atoms with E-state index in [2.05, 4.69) is 17.2 Å². The van der Waals surface area contributed by atoms with Gasteiger partial charge >= 0.3 is 0 Å². The van der Waals surface area contributed by atoms with Crippen LogP contribution in [0.1, 0.15) is 6.42 Å². The zero-order chi connectivity index (χ0) is 8.10. The van der Waals surface area contributed by atoms with E-state index in [1.165, 1.54) is 0 Å². The average molecular weight is 152 g/mol. The van der Waals surface area contributed by atoms with Crippen LogP contribution in [0.25, 0.3) is 0 Å². The smallest absolute Gasteiger partial charge is 0.147 e. The van der Waals surface area contributed by atoms with Crippen LogP contribution in [-0.4, -0.2) is 25.1 Å². The number of rotatable bonds is 2. The van der Waals surface area contributed by atoms with E-state index in [9.17, 15) is 4.79 Å². The van der Waals surface area contributed by atoms with E-state index in [-0.39, 0.29) is 6.04 Å². The van der Waals surface area contributed by atoms with Crippen molar-refractivity contribution < 1.29 is 4.79 Å². The average Bonchev–Trinajstić information content (AvgIpc) is 2.06. The summed E-state index contributed by atoms with van der Waals surface area (Å²) in [6.07, 6.45) is 2.57. The van der Waals surface area contributed by atoms with Gasteiger partial charge in [0.25, 0.3) is 0 Å². The van der Waals surface area contributed by atoms with Crippen molar-refractivity contribution in [3.05, 3.63) is 18.4 Å². The highest BCUT2D eigenvalue weighted by molar-refractivity contribution is 5.54. The molecule has 1 aliphatic heterocycles. The second-order valence-corrected chi connectivity index (χ2v) is 2.47. The third kappa shape index (κ3) is 1.93. The summed E-state index contributed by atoms with van der Waals surface area (Å²) in [6.45, 7) is 5.31. The van der Waals surface area contributed by atoms with Crippen molar-refractivity contribution in [3.8, 4) is 0 Å². The predicted octanol–water partition coefficient (Wildman–Crippen LogP) is -0.161. The van der Waals surface area contributed by atoms with Crippen molar-refractivity contribution in [2.75, 3.05) is 13.1 Å². The topological polar surface area (TPSA) is 41.1 Å². The maximum atomic E-state index is 10.3. The SMILES string of the molecule is C=CCC1NCCNC1=C=O. The zero-order valence-corrected chi connectivity index (χ0v) is 6.39. The first-order valence-electron chi connectivity index (χ1n) is 3.71. The van der Waals surface area contributed by atoms with E-state index < -0.39 is 0 Å². The summed E-state index contributed by atoms with van der Waals surface area (Å²) in [5.74, 6) is 1.88. The Morgan fingerprint density at radius 2 is 2.55 bits per heavy atom. The van der Waals surface area contributed by atoms with Crippen molar-refractivity contribution in [2.45, 2.75) is 12.5 Å². The third-order valence-corrected chi connectivity index (χ3v) is 1.69. The molecule has 0 aromatic rings. The van der Waals surface area contributed by atoms with Crippen molar-refractivity contribution in [1.82, 2.24) is 10.6 Å². The van der Waals surface area contributed by atoms with Gasteiger partial charge in [0.2, 0.25) is 0 Å². The van der Waals surface area contributed by atoms with Crippen LogP contribution in [0.4, 0.5) is 0 Å². The molecule has 3 nitrogen and oxygen atoms in total. The number of nitrogens with one attached hydrogen (secondary N) is 2. The van der Waals surface area contributed by atoms with E-state index in [0.29, 0.717) is 5.70 Å². The van der Waals surface area contributed by atoms with Gasteiger partial charge in [-0.3, -0.25) is 0 Å². The van der Waals surface area contributed by atoms with E-state index in [4.69, 9.17) is 0 Å². The molecule has 0 spiro atoms. The monoisotopic (exact) mass is 152 g/mol. The van der Waals surface area contributed by atoms with Crippen LogP contribution in [0.3, 0.4) is 0 Å². The van der Waals surface area contributed by atoms with Crippen LogP contribution in [0.15, 0.2) is 18.4 Å². The molecule has 1 aliphatic rings. The Hall–Kier alpha value is -1.05. The lowest BCUT2D eigenvalue weighted by atomic mass is 10.1. The Labute approximate surface area is 66.2 Å². The fourth-order valence-corrected chi connectivity index (χ4v) is 1.14. The Balaban J connectivity index is 2.58. The minimum absolute atomic E-state index is 0.0961. The molecule has 0 bridgehead atoms. The number of hydrogen-bond acceptors (Lipinski definition) is 3. The summed E-state index contributed by atoms with van der Waals surface area (Å²) < 4.78 is 0. The molecule has 0 saturated carbocycles. The molecular weight excluding hydrogens is 140 g/mol. The van der Waals surface area contributed by atoms with Crippen LogP contribution in [0, 0.1) is 0 Å². The van der Waals surface area contributed by atoms with Crippen molar-refractivity contribution in [3.63, 3.8) is 0 Å². The molecule has 1 fully saturated rings.